The number of carbonyl (C=O) groups excluding carboxylic acids is 3. The van der Waals surface area contributed by atoms with Crippen LogP contribution < -0.4 is 10.6 Å². The van der Waals surface area contributed by atoms with E-state index in [0.29, 0.717) is 50.3 Å². The van der Waals surface area contributed by atoms with E-state index >= 15 is 0 Å². The first-order valence-corrected chi connectivity index (χ1v) is 9.37. The second-order valence-electron chi connectivity index (χ2n) is 6.30. The van der Waals surface area contributed by atoms with Crippen LogP contribution in [-0.4, -0.2) is 73.5 Å². The molecule has 1 fully saturated rings. The summed E-state index contributed by atoms with van der Waals surface area (Å²) in [5.74, 6) is -1.00. The van der Waals surface area contributed by atoms with E-state index in [9.17, 15) is 14.4 Å². The second kappa shape index (κ2) is 11.1. The Hall–Kier alpha value is -2.81. The van der Waals surface area contributed by atoms with Gasteiger partial charge in [-0.15, -0.1) is 0 Å². The van der Waals surface area contributed by atoms with Crippen LogP contribution in [0.3, 0.4) is 0 Å². The fourth-order valence-electron chi connectivity index (χ4n) is 2.91. The third-order valence-corrected chi connectivity index (χ3v) is 4.29. The molecule has 1 heterocycles. The molecule has 0 aliphatic carbocycles. The number of aliphatic hydroxyl groups is 1. The van der Waals surface area contributed by atoms with Crippen LogP contribution in [0.4, 0.5) is 10.5 Å². The predicted molar refractivity (Wildman–Crippen MR) is 102 cm³/mol. The van der Waals surface area contributed by atoms with Gasteiger partial charge in [0.1, 0.15) is 0 Å². The third-order valence-electron chi connectivity index (χ3n) is 4.29. The van der Waals surface area contributed by atoms with Gasteiger partial charge in [-0.3, -0.25) is 4.79 Å². The van der Waals surface area contributed by atoms with Crippen molar-refractivity contribution in [2.24, 2.45) is 0 Å². The van der Waals surface area contributed by atoms with Crippen molar-refractivity contribution < 1.29 is 29.0 Å². The average molecular weight is 393 g/mol. The molecule has 2 amide bonds. The van der Waals surface area contributed by atoms with Crippen molar-refractivity contribution in [3.8, 4) is 0 Å². The lowest BCUT2D eigenvalue weighted by Crippen LogP contribution is -2.47. The predicted octanol–water partition coefficient (Wildman–Crippen LogP) is 0.985. The minimum atomic E-state index is -0.617. The monoisotopic (exact) mass is 393 g/mol. The fraction of sp³-hybridized carbons (Fsp3) is 0.526. The number of piperidine rings is 1. The molecular weight excluding hydrogens is 366 g/mol. The number of likely N-dealkylation sites (tertiary alicyclic amines) is 1. The van der Waals surface area contributed by atoms with Crippen LogP contribution in [0.25, 0.3) is 0 Å². The highest BCUT2D eigenvalue weighted by Gasteiger charge is 2.25. The molecule has 3 N–H and O–H groups in total. The van der Waals surface area contributed by atoms with E-state index in [0.717, 1.165) is 0 Å². The van der Waals surface area contributed by atoms with Crippen LogP contribution in [0.2, 0.25) is 0 Å². The Balaban J connectivity index is 1.76. The number of benzene rings is 1. The van der Waals surface area contributed by atoms with Crippen LogP contribution in [-0.2, 0) is 14.3 Å². The molecule has 9 nitrogen and oxygen atoms in total. The molecule has 2 rings (SSSR count). The molecule has 154 valence electrons. The highest BCUT2D eigenvalue weighted by atomic mass is 16.6. The van der Waals surface area contributed by atoms with Gasteiger partial charge in [-0.2, -0.15) is 0 Å². The van der Waals surface area contributed by atoms with E-state index in [4.69, 9.17) is 14.6 Å². The minimum Gasteiger partial charge on any atom is -0.452 e. The van der Waals surface area contributed by atoms with E-state index in [1.807, 2.05) is 0 Å². The van der Waals surface area contributed by atoms with Gasteiger partial charge in [-0.1, -0.05) is 12.1 Å². The summed E-state index contributed by atoms with van der Waals surface area (Å²) < 4.78 is 10.1. The summed E-state index contributed by atoms with van der Waals surface area (Å²) in [7, 11) is 0. The first kappa shape index (κ1) is 21.5. The van der Waals surface area contributed by atoms with E-state index in [-0.39, 0.29) is 31.3 Å². The van der Waals surface area contributed by atoms with Crippen molar-refractivity contribution in [2.45, 2.75) is 25.8 Å². The molecule has 1 saturated heterocycles. The summed E-state index contributed by atoms with van der Waals surface area (Å²) in [6.45, 7) is 2.95. The standard InChI is InChI=1S/C19H27N3O6/c1-2-27-19(26)22-10-7-14(8-11-22)21-17(24)13-28-18(25)15-5-3-4-6-16(15)20-9-12-23/h3-6,14,20,23H,2,7-13H2,1H3,(H,21,24). The SMILES string of the molecule is CCOC(=O)N1CCC(NC(=O)COC(=O)c2ccccc2NCCO)CC1. The molecule has 0 aromatic heterocycles. The summed E-state index contributed by atoms with van der Waals surface area (Å²) in [6.07, 6.45) is 0.897. The van der Waals surface area contributed by atoms with E-state index in [1.54, 1.807) is 36.1 Å². The van der Waals surface area contributed by atoms with Gasteiger partial charge >= 0.3 is 12.1 Å². The van der Waals surface area contributed by atoms with E-state index in [2.05, 4.69) is 10.6 Å². The van der Waals surface area contributed by atoms with Gasteiger partial charge in [-0.05, 0) is 31.9 Å². The summed E-state index contributed by atoms with van der Waals surface area (Å²) in [5.41, 5.74) is 0.833. The van der Waals surface area contributed by atoms with Gasteiger partial charge in [0.2, 0.25) is 0 Å². The molecule has 9 heteroatoms. The Bertz CT molecular complexity index is 673. The number of amides is 2. The molecule has 1 aliphatic rings. The molecule has 1 aromatic carbocycles. The van der Waals surface area contributed by atoms with Gasteiger partial charge in [0.15, 0.2) is 6.61 Å². The van der Waals surface area contributed by atoms with Crippen molar-refractivity contribution in [3.05, 3.63) is 29.8 Å². The number of aliphatic hydroxyl groups excluding tert-OH is 1. The van der Waals surface area contributed by atoms with E-state index in [1.165, 1.54) is 0 Å². The number of nitrogens with one attached hydrogen (secondary N) is 2. The molecule has 0 bridgehead atoms. The van der Waals surface area contributed by atoms with Gasteiger partial charge in [0.05, 0.1) is 18.8 Å². The molecule has 28 heavy (non-hydrogen) atoms. The number of hydrogen-bond acceptors (Lipinski definition) is 7. The Morgan fingerprint density at radius 1 is 1.18 bits per heavy atom. The number of esters is 1. The minimum absolute atomic E-state index is 0.0687. The van der Waals surface area contributed by atoms with Crippen LogP contribution in [0, 0.1) is 0 Å². The van der Waals surface area contributed by atoms with Crippen molar-refractivity contribution in [1.82, 2.24) is 10.2 Å². The number of para-hydroxylation sites is 1. The first-order chi connectivity index (χ1) is 13.5. The topological polar surface area (TPSA) is 117 Å². The smallest absolute Gasteiger partial charge is 0.409 e. The lowest BCUT2D eigenvalue weighted by Gasteiger charge is -2.31. The van der Waals surface area contributed by atoms with Crippen LogP contribution in [0.5, 0.6) is 0 Å². The van der Waals surface area contributed by atoms with Crippen LogP contribution in [0.15, 0.2) is 24.3 Å². The second-order valence-corrected chi connectivity index (χ2v) is 6.30. The zero-order valence-electron chi connectivity index (χ0n) is 16.0. The number of hydrogen-bond donors (Lipinski definition) is 3. The maximum atomic E-state index is 12.2. The van der Waals surface area contributed by atoms with Crippen LogP contribution in [0.1, 0.15) is 30.1 Å². The van der Waals surface area contributed by atoms with E-state index < -0.39 is 5.97 Å². The molecule has 1 aliphatic heterocycles. The van der Waals surface area contributed by atoms with Crippen molar-refractivity contribution in [3.63, 3.8) is 0 Å². The van der Waals surface area contributed by atoms with Crippen molar-refractivity contribution in [2.75, 3.05) is 44.8 Å². The number of rotatable bonds is 8. The number of anilines is 1. The van der Waals surface area contributed by atoms with Gasteiger partial charge in [0.25, 0.3) is 5.91 Å². The van der Waals surface area contributed by atoms with Gasteiger partial charge in [-0.25, -0.2) is 9.59 Å². The Labute approximate surface area is 164 Å². The Kier molecular flexibility index (Phi) is 8.54. The zero-order chi connectivity index (χ0) is 20.4. The molecule has 0 saturated carbocycles. The summed E-state index contributed by atoms with van der Waals surface area (Å²) in [4.78, 5) is 37.6. The first-order valence-electron chi connectivity index (χ1n) is 9.37. The van der Waals surface area contributed by atoms with Crippen molar-refractivity contribution >= 4 is 23.7 Å². The average Bonchev–Trinajstić information content (AvgIpc) is 2.71. The van der Waals surface area contributed by atoms with Gasteiger partial charge in [0, 0.05) is 31.4 Å². The molecule has 0 atom stereocenters. The molecular formula is C19H27N3O6. The molecule has 0 unspecified atom stereocenters. The number of nitrogens with zero attached hydrogens (tertiary/aromatic N) is 1. The summed E-state index contributed by atoms with van der Waals surface area (Å²) in [6, 6.07) is 6.66. The number of carbonyl (C=O) groups is 3. The Morgan fingerprint density at radius 2 is 1.89 bits per heavy atom. The molecule has 1 aromatic rings. The maximum absolute atomic E-state index is 12.2. The summed E-state index contributed by atoms with van der Waals surface area (Å²) in [5, 5.41) is 14.7. The zero-order valence-corrected chi connectivity index (χ0v) is 16.0. The fourth-order valence-corrected chi connectivity index (χ4v) is 2.91. The lowest BCUT2D eigenvalue weighted by atomic mass is 10.1. The molecule has 0 spiro atoms. The largest absolute Gasteiger partial charge is 0.452 e. The normalized spacial score (nSPS) is 14.3. The Morgan fingerprint density at radius 3 is 2.57 bits per heavy atom. The van der Waals surface area contributed by atoms with Gasteiger partial charge < -0.3 is 30.1 Å². The van der Waals surface area contributed by atoms with Crippen molar-refractivity contribution in [1.29, 1.82) is 0 Å². The van der Waals surface area contributed by atoms with Crippen LogP contribution >= 0.6 is 0 Å². The maximum Gasteiger partial charge on any atom is 0.409 e. The highest BCUT2D eigenvalue weighted by molar-refractivity contribution is 5.96. The summed E-state index contributed by atoms with van der Waals surface area (Å²) >= 11 is 0. The molecule has 0 radical (unpaired) electrons. The third kappa shape index (κ3) is 6.41. The highest BCUT2D eigenvalue weighted by Crippen LogP contribution is 2.16. The quantitative estimate of drug-likeness (QED) is 0.564. The number of ether oxygens (including phenoxy) is 2. The lowest BCUT2D eigenvalue weighted by molar-refractivity contribution is -0.125.